The molecule has 0 radical (unpaired) electrons. The third kappa shape index (κ3) is 1.52. The molecule has 0 saturated heterocycles. The molecule has 13 heavy (non-hydrogen) atoms. The van der Waals surface area contributed by atoms with Crippen molar-refractivity contribution in [2.24, 2.45) is 0 Å². The van der Waals surface area contributed by atoms with Crippen LogP contribution >= 0.6 is 0 Å². The average molecular weight is 175 g/mol. The van der Waals surface area contributed by atoms with E-state index in [9.17, 15) is 0 Å². The van der Waals surface area contributed by atoms with Crippen molar-refractivity contribution in [2.45, 2.75) is 6.92 Å². The van der Waals surface area contributed by atoms with E-state index in [0.717, 1.165) is 6.54 Å². The zero-order chi connectivity index (χ0) is 9.10. The second-order valence-corrected chi connectivity index (χ2v) is 3.02. The zero-order valence-corrected chi connectivity index (χ0v) is 7.73. The smallest absolute Gasteiger partial charge is 0.160 e. The van der Waals surface area contributed by atoms with Crippen LogP contribution in [-0.4, -0.2) is 18.2 Å². The minimum Gasteiger partial charge on any atom is -0.479 e. The van der Waals surface area contributed by atoms with E-state index in [1.807, 2.05) is 24.5 Å². The maximum absolute atomic E-state index is 5.28. The Hall–Kier alpha value is -1.44. The fourth-order valence-electron chi connectivity index (χ4n) is 1.47. The number of rotatable bonds is 2. The molecule has 0 fully saturated rings. The van der Waals surface area contributed by atoms with E-state index in [0.29, 0.717) is 6.73 Å². The summed E-state index contributed by atoms with van der Waals surface area (Å²) in [4.78, 5) is 2.20. The Morgan fingerprint density at radius 2 is 2.08 bits per heavy atom. The van der Waals surface area contributed by atoms with Crippen molar-refractivity contribution >= 4 is 5.70 Å². The first kappa shape index (κ1) is 8.17. The highest BCUT2D eigenvalue weighted by Gasteiger charge is 2.15. The molecule has 0 aromatic heterocycles. The SMILES string of the molecule is CCN1COC=C1c1ccccc1. The minimum atomic E-state index is 0.681. The Kier molecular flexibility index (Phi) is 2.21. The van der Waals surface area contributed by atoms with Gasteiger partial charge in [-0.15, -0.1) is 0 Å². The quantitative estimate of drug-likeness (QED) is 0.683. The molecule has 0 N–H and O–H groups in total. The van der Waals surface area contributed by atoms with E-state index in [2.05, 4.69) is 24.0 Å². The molecule has 0 unspecified atom stereocenters. The highest BCUT2D eigenvalue weighted by molar-refractivity contribution is 5.63. The maximum atomic E-state index is 5.28. The molecule has 1 aliphatic heterocycles. The molecular weight excluding hydrogens is 162 g/mol. The molecule has 1 aromatic carbocycles. The van der Waals surface area contributed by atoms with Crippen LogP contribution in [0.5, 0.6) is 0 Å². The monoisotopic (exact) mass is 175 g/mol. The summed E-state index contributed by atoms with van der Waals surface area (Å²) in [6, 6.07) is 10.3. The average Bonchev–Trinajstić information content (AvgIpc) is 2.67. The van der Waals surface area contributed by atoms with Crippen LogP contribution in [0.15, 0.2) is 36.6 Å². The topological polar surface area (TPSA) is 12.5 Å². The second kappa shape index (κ2) is 3.52. The lowest BCUT2D eigenvalue weighted by molar-refractivity contribution is 0.179. The van der Waals surface area contributed by atoms with E-state index < -0.39 is 0 Å². The van der Waals surface area contributed by atoms with Crippen LogP contribution in [0, 0.1) is 0 Å². The summed E-state index contributed by atoms with van der Waals surface area (Å²) in [6.07, 6.45) is 1.83. The first-order valence-electron chi connectivity index (χ1n) is 4.54. The Labute approximate surface area is 78.4 Å². The maximum Gasteiger partial charge on any atom is 0.160 e. The molecule has 0 spiro atoms. The summed E-state index contributed by atoms with van der Waals surface area (Å²) in [6.45, 7) is 3.80. The minimum absolute atomic E-state index is 0.681. The van der Waals surface area contributed by atoms with Crippen LogP contribution in [0.4, 0.5) is 0 Å². The van der Waals surface area contributed by atoms with Crippen molar-refractivity contribution in [3.63, 3.8) is 0 Å². The van der Waals surface area contributed by atoms with Gasteiger partial charge in [-0.05, 0) is 6.92 Å². The third-order valence-electron chi connectivity index (χ3n) is 2.22. The first-order valence-corrected chi connectivity index (χ1v) is 4.54. The first-order chi connectivity index (χ1) is 6.42. The van der Waals surface area contributed by atoms with E-state index in [4.69, 9.17) is 4.74 Å². The number of nitrogens with zero attached hydrogens (tertiary/aromatic N) is 1. The lowest BCUT2D eigenvalue weighted by atomic mass is 10.1. The highest BCUT2D eigenvalue weighted by Crippen LogP contribution is 2.22. The molecule has 2 heteroatoms. The molecule has 68 valence electrons. The standard InChI is InChI=1S/C11H13NO/c1-2-12-9-13-8-11(12)10-6-4-3-5-7-10/h3-8H,2,9H2,1H3. The van der Waals surface area contributed by atoms with Crippen molar-refractivity contribution in [1.29, 1.82) is 0 Å². The highest BCUT2D eigenvalue weighted by atomic mass is 16.5. The Balaban J connectivity index is 2.26. The molecule has 0 bridgehead atoms. The van der Waals surface area contributed by atoms with Gasteiger partial charge in [0.2, 0.25) is 0 Å². The van der Waals surface area contributed by atoms with E-state index in [1.165, 1.54) is 11.3 Å². The van der Waals surface area contributed by atoms with Gasteiger partial charge >= 0.3 is 0 Å². The summed E-state index contributed by atoms with van der Waals surface area (Å²) in [7, 11) is 0. The molecule has 0 saturated carbocycles. The molecule has 1 aromatic rings. The van der Waals surface area contributed by atoms with E-state index >= 15 is 0 Å². The zero-order valence-electron chi connectivity index (χ0n) is 7.73. The lowest BCUT2D eigenvalue weighted by Crippen LogP contribution is -2.18. The van der Waals surface area contributed by atoms with Gasteiger partial charge in [0.15, 0.2) is 6.73 Å². The summed E-state index contributed by atoms with van der Waals surface area (Å²) in [5, 5.41) is 0. The lowest BCUT2D eigenvalue weighted by Gasteiger charge is -2.17. The Morgan fingerprint density at radius 3 is 2.77 bits per heavy atom. The van der Waals surface area contributed by atoms with Crippen LogP contribution in [0.1, 0.15) is 12.5 Å². The van der Waals surface area contributed by atoms with Gasteiger partial charge in [-0.1, -0.05) is 30.3 Å². The summed E-state index contributed by atoms with van der Waals surface area (Å²) < 4.78 is 5.28. The summed E-state index contributed by atoms with van der Waals surface area (Å²) >= 11 is 0. The van der Waals surface area contributed by atoms with Crippen LogP contribution in [-0.2, 0) is 4.74 Å². The van der Waals surface area contributed by atoms with Gasteiger partial charge in [-0.2, -0.15) is 0 Å². The predicted molar refractivity (Wildman–Crippen MR) is 52.8 cm³/mol. The number of hydrogen-bond donors (Lipinski definition) is 0. The predicted octanol–water partition coefficient (Wildman–Crippen LogP) is 2.29. The van der Waals surface area contributed by atoms with Crippen LogP contribution < -0.4 is 0 Å². The van der Waals surface area contributed by atoms with Gasteiger partial charge in [0.1, 0.15) is 6.26 Å². The third-order valence-corrected chi connectivity index (χ3v) is 2.22. The van der Waals surface area contributed by atoms with Crippen molar-refractivity contribution in [3.8, 4) is 0 Å². The molecule has 0 amide bonds. The Bertz CT molecular complexity index is 305. The van der Waals surface area contributed by atoms with Gasteiger partial charge in [0.25, 0.3) is 0 Å². The van der Waals surface area contributed by atoms with Gasteiger partial charge < -0.3 is 9.64 Å². The largest absolute Gasteiger partial charge is 0.479 e. The van der Waals surface area contributed by atoms with Gasteiger partial charge in [0.05, 0.1) is 5.70 Å². The van der Waals surface area contributed by atoms with E-state index in [1.54, 1.807) is 0 Å². The van der Waals surface area contributed by atoms with Crippen LogP contribution in [0.25, 0.3) is 5.70 Å². The fraction of sp³-hybridized carbons (Fsp3) is 0.273. The Morgan fingerprint density at radius 1 is 1.31 bits per heavy atom. The number of ether oxygens (including phenoxy) is 1. The molecule has 2 rings (SSSR count). The van der Waals surface area contributed by atoms with Gasteiger partial charge in [-0.25, -0.2) is 0 Å². The van der Waals surface area contributed by atoms with Crippen LogP contribution in [0.2, 0.25) is 0 Å². The summed E-state index contributed by atoms with van der Waals surface area (Å²) in [5.41, 5.74) is 2.41. The molecule has 0 aliphatic carbocycles. The molecule has 2 nitrogen and oxygen atoms in total. The van der Waals surface area contributed by atoms with Crippen molar-refractivity contribution < 1.29 is 4.74 Å². The van der Waals surface area contributed by atoms with Crippen LogP contribution in [0.3, 0.4) is 0 Å². The van der Waals surface area contributed by atoms with Gasteiger partial charge in [0, 0.05) is 12.1 Å². The van der Waals surface area contributed by atoms with Crippen molar-refractivity contribution in [1.82, 2.24) is 4.90 Å². The molecule has 0 atom stereocenters. The number of benzene rings is 1. The van der Waals surface area contributed by atoms with Crippen molar-refractivity contribution in [2.75, 3.05) is 13.3 Å². The summed E-state index contributed by atoms with van der Waals surface area (Å²) in [5.74, 6) is 0. The molecular formula is C11H13NO. The molecule has 1 heterocycles. The second-order valence-electron chi connectivity index (χ2n) is 3.02. The van der Waals surface area contributed by atoms with Crippen molar-refractivity contribution in [3.05, 3.63) is 42.2 Å². The molecule has 1 aliphatic rings. The normalized spacial score (nSPS) is 15.5. The fourth-order valence-corrected chi connectivity index (χ4v) is 1.47. The van der Waals surface area contributed by atoms with E-state index in [-0.39, 0.29) is 0 Å². The number of hydrogen-bond acceptors (Lipinski definition) is 2. The van der Waals surface area contributed by atoms with Gasteiger partial charge in [-0.3, -0.25) is 0 Å².